The zero-order chi connectivity index (χ0) is 16.7. The van der Waals surface area contributed by atoms with Crippen molar-refractivity contribution in [3.63, 3.8) is 0 Å². The molecule has 0 radical (unpaired) electrons. The van der Waals surface area contributed by atoms with E-state index in [4.69, 9.17) is 5.11 Å². The zero-order valence-corrected chi connectivity index (χ0v) is 13.5. The molecule has 0 aliphatic heterocycles. The number of hydrogen-bond acceptors (Lipinski definition) is 2. The van der Waals surface area contributed by atoms with Crippen LogP contribution in [0.2, 0.25) is 0 Å². The van der Waals surface area contributed by atoms with E-state index in [0.29, 0.717) is 19.5 Å². The van der Waals surface area contributed by atoms with Gasteiger partial charge >= 0.3 is 5.97 Å². The number of amides is 1. The van der Waals surface area contributed by atoms with Gasteiger partial charge in [0.15, 0.2) is 0 Å². The van der Waals surface area contributed by atoms with Crippen molar-refractivity contribution in [1.29, 1.82) is 0 Å². The van der Waals surface area contributed by atoms with Gasteiger partial charge in [-0.15, -0.1) is 0 Å². The van der Waals surface area contributed by atoms with Crippen molar-refractivity contribution in [2.45, 2.75) is 32.6 Å². The van der Waals surface area contributed by atoms with Crippen LogP contribution in [0.3, 0.4) is 0 Å². The Labute approximate surface area is 136 Å². The number of carbonyl (C=O) groups is 2. The van der Waals surface area contributed by atoms with Crippen LogP contribution in [0.5, 0.6) is 0 Å². The molecule has 0 bridgehead atoms. The Kier molecular flexibility index (Phi) is 6.15. The molecule has 4 nitrogen and oxygen atoms in total. The van der Waals surface area contributed by atoms with Gasteiger partial charge in [0.25, 0.3) is 0 Å². The van der Waals surface area contributed by atoms with E-state index < -0.39 is 5.97 Å². The molecule has 0 unspecified atom stereocenters. The lowest BCUT2D eigenvalue weighted by Crippen LogP contribution is -2.32. The Morgan fingerprint density at radius 3 is 2.48 bits per heavy atom. The number of hydrogen-bond donors (Lipinski definition) is 1. The number of carboxylic acids is 1. The summed E-state index contributed by atoms with van der Waals surface area (Å²) in [5.41, 5.74) is 1.23. The summed E-state index contributed by atoms with van der Waals surface area (Å²) >= 11 is 0. The van der Waals surface area contributed by atoms with Gasteiger partial charge in [0.05, 0.1) is 6.42 Å². The maximum absolute atomic E-state index is 12.1. The molecule has 4 heteroatoms. The predicted octanol–water partition coefficient (Wildman–Crippen LogP) is 3.49. The summed E-state index contributed by atoms with van der Waals surface area (Å²) in [6.07, 6.45) is 2.10. The van der Waals surface area contributed by atoms with Crippen LogP contribution in [-0.2, 0) is 16.0 Å². The first-order valence-corrected chi connectivity index (χ1v) is 8.07. The van der Waals surface area contributed by atoms with Crippen molar-refractivity contribution < 1.29 is 14.7 Å². The van der Waals surface area contributed by atoms with Gasteiger partial charge in [-0.3, -0.25) is 9.59 Å². The van der Waals surface area contributed by atoms with Crippen molar-refractivity contribution in [2.75, 3.05) is 13.1 Å². The molecule has 0 saturated carbocycles. The lowest BCUT2D eigenvalue weighted by molar-refractivity contribution is -0.138. The third-order valence-electron chi connectivity index (χ3n) is 4.00. The molecule has 2 aromatic rings. The van der Waals surface area contributed by atoms with E-state index in [1.807, 2.05) is 19.1 Å². The normalized spacial score (nSPS) is 10.7. The van der Waals surface area contributed by atoms with E-state index in [2.05, 4.69) is 30.3 Å². The van der Waals surface area contributed by atoms with E-state index in [1.54, 1.807) is 4.90 Å². The van der Waals surface area contributed by atoms with Crippen LogP contribution >= 0.6 is 0 Å². The highest BCUT2D eigenvalue weighted by atomic mass is 16.4. The molecular weight excluding hydrogens is 290 g/mol. The summed E-state index contributed by atoms with van der Waals surface area (Å²) in [5.74, 6) is -0.832. The molecule has 0 fully saturated rings. The lowest BCUT2D eigenvalue weighted by Gasteiger charge is -2.19. The SMILES string of the molecule is CCN(CCC(=O)O)C(=O)CCCc1ccc2ccccc2c1. The van der Waals surface area contributed by atoms with Crippen LogP contribution in [0.15, 0.2) is 42.5 Å². The van der Waals surface area contributed by atoms with Crippen LogP contribution in [0.25, 0.3) is 10.8 Å². The second-order valence-electron chi connectivity index (χ2n) is 5.65. The molecule has 0 aliphatic rings. The smallest absolute Gasteiger partial charge is 0.305 e. The molecule has 0 aromatic heterocycles. The fourth-order valence-corrected chi connectivity index (χ4v) is 2.69. The van der Waals surface area contributed by atoms with Crippen LogP contribution in [-0.4, -0.2) is 35.0 Å². The van der Waals surface area contributed by atoms with Gasteiger partial charge in [0, 0.05) is 19.5 Å². The van der Waals surface area contributed by atoms with Gasteiger partial charge < -0.3 is 10.0 Å². The van der Waals surface area contributed by atoms with Gasteiger partial charge in [0.2, 0.25) is 5.91 Å². The van der Waals surface area contributed by atoms with E-state index in [9.17, 15) is 9.59 Å². The van der Waals surface area contributed by atoms with Crippen molar-refractivity contribution in [3.8, 4) is 0 Å². The summed E-state index contributed by atoms with van der Waals surface area (Å²) in [5, 5.41) is 11.1. The standard InChI is InChI=1S/C19H23NO3/c1-2-20(13-12-19(22)23)18(21)9-5-6-15-10-11-16-7-3-4-8-17(16)14-15/h3-4,7-8,10-11,14H,2,5-6,9,12-13H2,1H3,(H,22,23). The predicted molar refractivity (Wildman–Crippen MR) is 91.4 cm³/mol. The van der Waals surface area contributed by atoms with Gasteiger partial charge in [-0.25, -0.2) is 0 Å². The van der Waals surface area contributed by atoms with Gasteiger partial charge in [-0.05, 0) is 36.1 Å². The Hall–Kier alpha value is -2.36. The van der Waals surface area contributed by atoms with Crippen LogP contribution in [0, 0.1) is 0 Å². The Morgan fingerprint density at radius 2 is 1.78 bits per heavy atom. The van der Waals surface area contributed by atoms with Crippen molar-refractivity contribution >= 4 is 22.6 Å². The average Bonchev–Trinajstić information content (AvgIpc) is 2.55. The van der Waals surface area contributed by atoms with Crippen LogP contribution < -0.4 is 0 Å². The molecule has 1 N–H and O–H groups in total. The fraction of sp³-hybridized carbons (Fsp3) is 0.368. The monoisotopic (exact) mass is 313 g/mol. The molecular formula is C19H23NO3. The topological polar surface area (TPSA) is 57.6 Å². The number of fused-ring (bicyclic) bond motifs is 1. The average molecular weight is 313 g/mol. The van der Waals surface area contributed by atoms with Crippen molar-refractivity contribution in [1.82, 2.24) is 4.90 Å². The Bertz CT molecular complexity index is 681. The number of nitrogens with zero attached hydrogens (tertiary/aromatic N) is 1. The number of carbonyl (C=O) groups excluding carboxylic acids is 1. The first-order valence-electron chi connectivity index (χ1n) is 8.07. The maximum Gasteiger partial charge on any atom is 0.305 e. The summed E-state index contributed by atoms with van der Waals surface area (Å²) < 4.78 is 0. The molecule has 2 aromatic carbocycles. The van der Waals surface area contributed by atoms with E-state index in [-0.39, 0.29) is 12.3 Å². The van der Waals surface area contributed by atoms with Gasteiger partial charge in [-0.2, -0.15) is 0 Å². The number of aryl methyl sites for hydroxylation is 1. The van der Waals surface area contributed by atoms with E-state index >= 15 is 0 Å². The molecule has 0 saturated heterocycles. The van der Waals surface area contributed by atoms with Crippen LogP contribution in [0.4, 0.5) is 0 Å². The number of benzene rings is 2. The molecule has 0 aliphatic carbocycles. The minimum atomic E-state index is -0.868. The molecule has 2 rings (SSSR count). The zero-order valence-electron chi connectivity index (χ0n) is 13.5. The molecule has 0 spiro atoms. The largest absolute Gasteiger partial charge is 0.481 e. The lowest BCUT2D eigenvalue weighted by atomic mass is 10.0. The van der Waals surface area contributed by atoms with E-state index in [0.717, 1.165) is 12.8 Å². The second kappa shape index (κ2) is 8.32. The van der Waals surface area contributed by atoms with E-state index in [1.165, 1.54) is 16.3 Å². The summed E-state index contributed by atoms with van der Waals surface area (Å²) in [4.78, 5) is 24.4. The summed E-state index contributed by atoms with van der Waals surface area (Å²) in [7, 11) is 0. The third kappa shape index (κ3) is 5.09. The third-order valence-corrected chi connectivity index (χ3v) is 4.00. The quantitative estimate of drug-likeness (QED) is 0.811. The first-order chi connectivity index (χ1) is 11.1. The molecule has 0 atom stereocenters. The molecule has 122 valence electrons. The van der Waals surface area contributed by atoms with Crippen molar-refractivity contribution in [2.24, 2.45) is 0 Å². The van der Waals surface area contributed by atoms with Crippen LogP contribution in [0.1, 0.15) is 31.7 Å². The minimum absolute atomic E-state index is 0.00422. The maximum atomic E-state index is 12.1. The Balaban J connectivity index is 1.84. The highest BCUT2D eigenvalue weighted by Crippen LogP contribution is 2.17. The molecule has 23 heavy (non-hydrogen) atoms. The summed E-state index contributed by atoms with van der Waals surface area (Å²) in [6.45, 7) is 2.73. The highest BCUT2D eigenvalue weighted by molar-refractivity contribution is 5.83. The van der Waals surface area contributed by atoms with Crippen molar-refractivity contribution in [3.05, 3.63) is 48.0 Å². The van der Waals surface area contributed by atoms with Gasteiger partial charge in [-0.1, -0.05) is 42.5 Å². The Morgan fingerprint density at radius 1 is 1.04 bits per heavy atom. The molecule has 1 amide bonds. The highest BCUT2D eigenvalue weighted by Gasteiger charge is 2.12. The number of aliphatic carboxylic acids is 1. The molecule has 0 heterocycles. The van der Waals surface area contributed by atoms with Gasteiger partial charge in [0.1, 0.15) is 0 Å². The summed E-state index contributed by atoms with van der Waals surface area (Å²) in [6, 6.07) is 14.6. The second-order valence-corrected chi connectivity index (χ2v) is 5.65. The number of carboxylic acid groups (broad SMARTS) is 1. The minimum Gasteiger partial charge on any atom is -0.481 e. The number of rotatable bonds is 8. The first kappa shape index (κ1) is 17.0. The fourth-order valence-electron chi connectivity index (χ4n) is 2.69.